The third-order valence-corrected chi connectivity index (χ3v) is 3.63. The molecule has 0 saturated heterocycles. The molecule has 3 heterocycles. The number of nitrogens with one attached hydrogen (secondary N) is 1. The largest absolute Gasteiger partial charge is 0.265 e. The molecule has 0 radical (unpaired) electrons. The highest BCUT2D eigenvalue weighted by molar-refractivity contribution is 7.92. The van der Waals surface area contributed by atoms with E-state index < -0.39 is 10.0 Å². The zero-order valence-electron chi connectivity index (χ0n) is 9.50. The summed E-state index contributed by atoms with van der Waals surface area (Å²) in [5, 5.41) is 3.96. The minimum absolute atomic E-state index is 0.0168. The minimum Gasteiger partial charge on any atom is -0.263 e. The zero-order chi connectivity index (χ0) is 13.3. The van der Waals surface area contributed by atoms with Crippen LogP contribution in [0, 0.1) is 0 Å². The summed E-state index contributed by atoms with van der Waals surface area (Å²) in [4.78, 5) is 11.7. The Balaban J connectivity index is 1.97. The van der Waals surface area contributed by atoms with Crippen LogP contribution in [0.15, 0.2) is 48.0 Å². The molecular formula is C10H8N6O2S. The highest BCUT2D eigenvalue weighted by Crippen LogP contribution is 2.12. The molecule has 0 aliphatic heterocycles. The molecule has 0 aromatic carbocycles. The highest BCUT2D eigenvalue weighted by atomic mass is 32.2. The smallest absolute Gasteiger partial charge is 0.263 e. The molecule has 0 aliphatic rings. The Labute approximate surface area is 108 Å². The van der Waals surface area contributed by atoms with E-state index in [9.17, 15) is 8.42 Å². The first kappa shape index (κ1) is 11.5. The lowest BCUT2D eigenvalue weighted by Crippen LogP contribution is -2.14. The van der Waals surface area contributed by atoms with Crippen molar-refractivity contribution in [2.75, 3.05) is 4.72 Å². The van der Waals surface area contributed by atoms with Gasteiger partial charge in [-0.15, -0.1) is 5.10 Å². The van der Waals surface area contributed by atoms with Gasteiger partial charge in [-0.2, -0.15) is 4.98 Å². The van der Waals surface area contributed by atoms with Crippen LogP contribution in [0.2, 0.25) is 0 Å². The molecular weight excluding hydrogens is 268 g/mol. The summed E-state index contributed by atoms with van der Waals surface area (Å²) in [5.74, 6) is -0.0168. The number of sulfonamides is 1. The average molecular weight is 276 g/mol. The van der Waals surface area contributed by atoms with Gasteiger partial charge < -0.3 is 0 Å². The van der Waals surface area contributed by atoms with Gasteiger partial charge in [0.15, 0.2) is 5.65 Å². The van der Waals surface area contributed by atoms with Crippen LogP contribution in [0.4, 0.5) is 5.95 Å². The molecule has 1 N–H and O–H groups in total. The van der Waals surface area contributed by atoms with Gasteiger partial charge in [0.2, 0.25) is 0 Å². The Hall–Kier alpha value is -2.55. The summed E-state index contributed by atoms with van der Waals surface area (Å²) < 4.78 is 27.7. The van der Waals surface area contributed by atoms with Gasteiger partial charge in [-0.25, -0.2) is 22.6 Å². The van der Waals surface area contributed by atoms with Gasteiger partial charge in [-0.05, 0) is 12.1 Å². The Kier molecular flexibility index (Phi) is 2.60. The maximum Gasteiger partial charge on any atom is 0.265 e. The highest BCUT2D eigenvalue weighted by Gasteiger charge is 2.16. The van der Waals surface area contributed by atoms with Crippen molar-refractivity contribution in [1.29, 1.82) is 0 Å². The number of hydrogen-bond donors (Lipinski definition) is 1. The molecule has 0 amide bonds. The molecule has 3 rings (SSSR count). The second kappa shape index (κ2) is 4.28. The summed E-state index contributed by atoms with van der Waals surface area (Å²) in [7, 11) is -3.73. The average Bonchev–Trinajstić information content (AvgIpc) is 2.81. The van der Waals surface area contributed by atoms with Gasteiger partial charge in [0.1, 0.15) is 11.2 Å². The fraction of sp³-hybridized carbons (Fsp3) is 0. The fourth-order valence-electron chi connectivity index (χ4n) is 1.47. The molecule has 3 aromatic rings. The molecule has 0 spiro atoms. The number of fused-ring (bicyclic) bond motifs is 1. The monoisotopic (exact) mass is 276 g/mol. The summed E-state index contributed by atoms with van der Waals surface area (Å²) in [6, 6.07) is 4.59. The molecule has 8 nitrogen and oxygen atoms in total. The van der Waals surface area contributed by atoms with Crippen molar-refractivity contribution >= 4 is 21.6 Å². The predicted octanol–water partition coefficient (Wildman–Crippen LogP) is 0.320. The van der Waals surface area contributed by atoms with E-state index in [0.717, 1.165) is 0 Å². The minimum atomic E-state index is -3.73. The summed E-state index contributed by atoms with van der Waals surface area (Å²) in [6.07, 6.45) is 5.72. The molecule has 96 valence electrons. The quantitative estimate of drug-likeness (QED) is 0.739. The van der Waals surface area contributed by atoms with E-state index >= 15 is 0 Å². The van der Waals surface area contributed by atoms with Crippen LogP contribution in [0.5, 0.6) is 0 Å². The first-order valence-electron chi connectivity index (χ1n) is 5.24. The van der Waals surface area contributed by atoms with Crippen molar-refractivity contribution in [1.82, 2.24) is 24.6 Å². The van der Waals surface area contributed by atoms with Crippen molar-refractivity contribution in [2.45, 2.75) is 4.90 Å². The van der Waals surface area contributed by atoms with Crippen LogP contribution in [0.3, 0.4) is 0 Å². The van der Waals surface area contributed by atoms with Crippen molar-refractivity contribution in [2.24, 2.45) is 0 Å². The van der Waals surface area contributed by atoms with Crippen LogP contribution < -0.4 is 4.72 Å². The number of aromatic nitrogens is 5. The molecule has 0 saturated carbocycles. The predicted molar refractivity (Wildman–Crippen MR) is 65.8 cm³/mol. The van der Waals surface area contributed by atoms with E-state index in [1.165, 1.54) is 35.4 Å². The number of nitrogens with zero attached hydrogens (tertiary/aromatic N) is 5. The van der Waals surface area contributed by atoms with Gasteiger partial charge in [0.25, 0.3) is 16.0 Å². The molecule has 9 heteroatoms. The van der Waals surface area contributed by atoms with E-state index in [2.05, 4.69) is 24.8 Å². The summed E-state index contributed by atoms with van der Waals surface area (Å²) >= 11 is 0. The van der Waals surface area contributed by atoms with Gasteiger partial charge >= 0.3 is 0 Å². The van der Waals surface area contributed by atoms with Crippen LogP contribution in [0.25, 0.3) is 5.65 Å². The first-order chi connectivity index (χ1) is 9.15. The molecule has 0 unspecified atom stereocenters. The van der Waals surface area contributed by atoms with E-state index in [0.29, 0.717) is 5.65 Å². The first-order valence-corrected chi connectivity index (χ1v) is 6.73. The van der Waals surface area contributed by atoms with Crippen molar-refractivity contribution < 1.29 is 8.42 Å². The van der Waals surface area contributed by atoms with Gasteiger partial charge in [0.05, 0.1) is 0 Å². The maximum atomic E-state index is 12.0. The van der Waals surface area contributed by atoms with Gasteiger partial charge in [0, 0.05) is 24.7 Å². The van der Waals surface area contributed by atoms with Crippen molar-refractivity contribution in [3.63, 3.8) is 0 Å². The second-order valence-electron chi connectivity index (χ2n) is 3.61. The van der Waals surface area contributed by atoms with Crippen LogP contribution >= 0.6 is 0 Å². The Morgan fingerprint density at radius 1 is 1.16 bits per heavy atom. The lowest BCUT2D eigenvalue weighted by molar-refractivity contribution is 0.600. The standard InChI is InChI=1S/C10H8N6O2S/c17-19(18,8-2-1-4-11-6-8)15-10-13-9-3-5-12-7-16(9)14-10/h1-7H,(H,14,15). The Morgan fingerprint density at radius 3 is 2.79 bits per heavy atom. The zero-order valence-corrected chi connectivity index (χ0v) is 10.3. The SMILES string of the molecule is O=S(=O)(Nc1nc2ccncn2n1)c1cccnc1. The fourth-order valence-corrected chi connectivity index (χ4v) is 2.38. The van der Waals surface area contributed by atoms with E-state index in [4.69, 9.17) is 0 Å². The lowest BCUT2D eigenvalue weighted by atomic mass is 10.5. The Bertz CT molecular complexity index is 781. The molecule has 0 aliphatic carbocycles. The van der Waals surface area contributed by atoms with Crippen LogP contribution in [-0.4, -0.2) is 33.0 Å². The number of rotatable bonds is 3. The number of anilines is 1. The number of hydrogen-bond acceptors (Lipinski definition) is 6. The normalized spacial score (nSPS) is 11.6. The number of pyridine rings is 1. The molecule has 0 bridgehead atoms. The van der Waals surface area contributed by atoms with E-state index in [-0.39, 0.29) is 10.8 Å². The molecule has 0 fully saturated rings. The molecule has 0 atom stereocenters. The van der Waals surface area contributed by atoms with Gasteiger partial charge in [-0.3, -0.25) is 4.98 Å². The van der Waals surface area contributed by atoms with Crippen molar-refractivity contribution in [3.05, 3.63) is 43.1 Å². The topological polar surface area (TPSA) is 102 Å². The van der Waals surface area contributed by atoms with Crippen LogP contribution in [-0.2, 0) is 10.0 Å². The van der Waals surface area contributed by atoms with Crippen molar-refractivity contribution in [3.8, 4) is 0 Å². The lowest BCUT2D eigenvalue weighted by Gasteiger charge is -2.02. The Morgan fingerprint density at radius 2 is 2.05 bits per heavy atom. The third-order valence-electron chi connectivity index (χ3n) is 2.31. The maximum absolute atomic E-state index is 12.0. The third kappa shape index (κ3) is 2.22. The summed E-state index contributed by atoms with van der Waals surface area (Å²) in [6.45, 7) is 0. The van der Waals surface area contributed by atoms with E-state index in [1.807, 2.05) is 0 Å². The van der Waals surface area contributed by atoms with Gasteiger partial charge in [-0.1, -0.05) is 0 Å². The molecule has 19 heavy (non-hydrogen) atoms. The molecule has 3 aromatic heterocycles. The summed E-state index contributed by atoms with van der Waals surface area (Å²) in [5.41, 5.74) is 0.499. The van der Waals surface area contributed by atoms with Crippen LogP contribution in [0.1, 0.15) is 0 Å². The van der Waals surface area contributed by atoms with E-state index in [1.54, 1.807) is 12.3 Å². The second-order valence-corrected chi connectivity index (χ2v) is 5.30.